The Hall–Kier alpha value is 0.110. The van der Waals surface area contributed by atoms with Crippen molar-refractivity contribution in [2.75, 3.05) is 0 Å². The first kappa shape index (κ1) is 10.1. The van der Waals surface area contributed by atoms with Gasteiger partial charge in [-0.15, -0.1) is 0 Å². The quantitative estimate of drug-likeness (QED) is 0.478. The summed E-state index contributed by atoms with van der Waals surface area (Å²) >= 11 is 0. The Labute approximate surface area is 83.2 Å². The topological polar surface area (TPSA) is 26.0 Å². The van der Waals surface area contributed by atoms with E-state index in [0.29, 0.717) is 5.56 Å². The zero-order valence-corrected chi connectivity index (χ0v) is 7.97. The molecule has 1 rings (SSSR count). The van der Waals surface area contributed by atoms with Crippen LogP contribution in [0, 0.1) is 5.82 Å². The van der Waals surface area contributed by atoms with Crippen molar-refractivity contribution in [2.24, 2.45) is 5.73 Å². The molecule has 0 saturated heterocycles. The smallest absolute Gasteiger partial charge is 1.00 e. The summed E-state index contributed by atoms with van der Waals surface area (Å²) in [5.74, 6) is -0.222. The van der Waals surface area contributed by atoms with Gasteiger partial charge in [-0.05, 0) is 6.07 Å². The van der Waals surface area contributed by atoms with E-state index in [1.165, 1.54) is 6.07 Å². The normalized spacial score (nSPS) is 8.60. The maximum absolute atomic E-state index is 12.5. The maximum atomic E-state index is 12.5. The van der Waals surface area contributed by atoms with E-state index >= 15 is 0 Å². The SMILES string of the molecule is NCc1ccccc1F.[H-].[Na+]. The van der Waals surface area contributed by atoms with Crippen molar-refractivity contribution in [1.29, 1.82) is 0 Å². The Kier molecular flexibility index (Phi) is 4.91. The number of halogens is 1. The van der Waals surface area contributed by atoms with Crippen LogP contribution in [0.25, 0.3) is 0 Å². The Balaban J connectivity index is 0. The molecule has 0 aliphatic heterocycles. The standard InChI is InChI=1S/C7H8FN.Na.H/c8-7-4-2-1-3-6(7)5-9;;/h1-4H,5,9H2;;/q;+1;-1. The molecule has 0 saturated carbocycles. The van der Waals surface area contributed by atoms with Crippen LogP contribution in [-0.2, 0) is 6.54 Å². The largest absolute Gasteiger partial charge is 1.00 e. The van der Waals surface area contributed by atoms with Gasteiger partial charge in [0, 0.05) is 12.1 Å². The van der Waals surface area contributed by atoms with Crippen molar-refractivity contribution < 1.29 is 35.4 Å². The third kappa shape index (κ3) is 2.39. The minimum Gasteiger partial charge on any atom is -1.00 e. The van der Waals surface area contributed by atoms with E-state index in [1.54, 1.807) is 18.2 Å². The van der Waals surface area contributed by atoms with Gasteiger partial charge in [-0.25, -0.2) is 4.39 Å². The minimum atomic E-state index is -0.222. The molecule has 50 valence electrons. The van der Waals surface area contributed by atoms with Crippen molar-refractivity contribution in [3.05, 3.63) is 35.6 Å². The number of nitrogens with two attached hydrogens (primary N) is 1. The second-order valence-electron chi connectivity index (χ2n) is 1.80. The molecule has 3 heteroatoms. The molecule has 0 unspecified atom stereocenters. The average Bonchev–Trinajstić information content (AvgIpc) is 1.89. The fourth-order valence-corrected chi connectivity index (χ4v) is 0.664. The van der Waals surface area contributed by atoms with Crippen molar-refractivity contribution in [1.82, 2.24) is 0 Å². The van der Waals surface area contributed by atoms with Crippen molar-refractivity contribution in [3.63, 3.8) is 0 Å². The van der Waals surface area contributed by atoms with E-state index in [9.17, 15) is 4.39 Å². The van der Waals surface area contributed by atoms with Crippen molar-refractivity contribution >= 4 is 0 Å². The number of hydrogen-bond donors (Lipinski definition) is 1. The first-order valence-corrected chi connectivity index (χ1v) is 2.78. The van der Waals surface area contributed by atoms with Gasteiger partial charge in [0.1, 0.15) is 5.82 Å². The maximum Gasteiger partial charge on any atom is 1.00 e. The van der Waals surface area contributed by atoms with Crippen LogP contribution in [0.15, 0.2) is 24.3 Å². The molecule has 1 aromatic rings. The first-order valence-electron chi connectivity index (χ1n) is 2.78. The zero-order chi connectivity index (χ0) is 6.69. The van der Waals surface area contributed by atoms with Gasteiger partial charge in [-0.3, -0.25) is 0 Å². The summed E-state index contributed by atoms with van der Waals surface area (Å²) in [6.45, 7) is 0.271. The van der Waals surface area contributed by atoms with E-state index < -0.39 is 0 Å². The van der Waals surface area contributed by atoms with Gasteiger partial charge in [0.25, 0.3) is 0 Å². The second-order valence-corrected chi connectivity index (χ2v) is 1.80. The van der Waals surface area contributed by atoms with Gasteiger partial charge in [-0.2, -0.15) is 0 Å². The first-order chi connectivity index (χ1) is 4.34. The summed E-state index contributed by atoms with van der Waals surface area (Å²) in [5, 5.41) is 0. The predicted octanol–water partition coefficient (Wildman–Crippen LogP) is -1.60. The average molecular weight is 149 g/mol. The summed E-state index contributed by atoms with van der Waals surface area (Å²) in [5.41, 5.74) is 5.78. The second kappa shape index (κ2) is 4.85. The van der Waals surface area contributed by atoms with Crippen LogP contribution in [0.5, 0.6) is 0 Å². The van der Waals surface area contributed by atoms with Crippen LogP contribution in [0.1, 0.15) is 6.99 Å². The molecule has 0 aliphatic carbocycles. The Morgan fingerprint density at radius 2 is 2.00 bits per heavy atom. The third-order valence-corrected chi connectivity index (χ3v) is 1.18. The Morgan fingerprint density at radius 1 is 1.40 bits per heavy atom. The van der Waals surface area contributed by atoms with Crippen molar-refractivity contribution in [2.45, 2.75) is 6.54 Å². The molecule has 0 atom stereocenters. The van der Waals surface area contributed by atoms with Crippen molar-refractivity contribution in [3.8, 4) is 0 Å². The molecule has 0 aromatic heterocycles. The van der Waals surface area contributed by atoms with Crippen LogP contribution in [0.4, 0.5) is 4.39 Å². The van der Waals surface area contributed by atoms with Gasteiger partial charge in [0.05, 0.1) is 0 Å². The Morgan fingerprint density at radius 3 is 2.40 bits per heavy atom. The molecular formula is C7H9FNNa. The molecule has 0 heterocycles. The summed E-state index contributed by atoms with van der Waals surface area (Å²) in [7, 11) is 0. The minimum absolute atomic E-state index is 0. The monoisotopic (exact) mass is 149 g/mol. The predicted molar refractivity (Wildman–Crippen MR) is 35.4 cm³/mol. The zero-order valence-electron chi connectivity index (χ0n) is 6.97. The van der Waals surface area contributed by atoms with Crippen LogP contribution in [0.2, 0.25) is 0 Å². The van der Waals surface area contributed by atoms with E-state index in [2.05, 4.69) is 0 Å². The summed E-state index contributed by atoms with van der Waals surface area (Å²) in [6, 6.07) is 6.50. The molecule has 0 fully saturated rings. The summed E-state index contributed by atoms with van der Waals surface area (Å²) in [6.07, 6.45) is 0. The Bertz CT molecular complexity index is 207. The van der Waals surface area contributed by atoms with Gasteiger partial charge in [-0.1, -0.05) is 18.2 Å². The van der Waals surface area contributed by atoms with E-state index in [1.807, 2.05) is 0 Å². The van der Waals surface area contributed by atoms with E-state index in [-0.39, 0.29) is 43.3 Å². The van der Waals surface area contributed by atoms with Gasteiger partial charge >= 0.3 is 29.6 Å². The van der Waals surface area contributed by atoms with Gasteiger partial charge < -0.3 is 7.16 Å². The van der Waals surface area contributed by atoms with Crippen LogP contribution >= 0.6 is 0 Å². The fraction of sp³-hybridized carbons (Fsp3) is 0.143. The van der Waals surface area contributed by atoms with Crippen LogP contribution < -0.4 is 35.3 Å². The van der Waals surface area contributed by atoms with E-state index in [0.717, 1.165) is 0 Å². The molecule has 10 heavy (non-hydrogen) atoms. The van der Waals surface area contributed by atoms with Gasteiger partial charge in [0.2, 0.25) is 0 Å². The molecule has 0 radical (unpaired) electrons. The molecule has 1 aromatic carbocycles. The molecule has 1 nitrogen and oxygen atoms in total. The van der Waals surface area contributed by atoms with Crippen LogP contribution in [-0.4, -0.2) is 0 Å². The van der Waals surface area contributed by atoms with Gasteiger partial charge in [0.15, 0.2) is 0 Å². The summed E-state index contributed by atoms with van der Waals surface area (Å²) in [4.78, 5) is 0. The molecule has 0 bridgehead atoms. The molecule has 0 amide bonds. The summed E-state index contributed by atoms with van der Waals surface area (Å²) < 4.78 is 12.5. The molecular weight excluding hydrogens is 140 g/mol. The fourth-order valence-electron chi connectivity index (χ4n) is 0.664. The molecule has 0 aliphatic rings. The van der Waals surface area contributed by atoms with E-state index in [4.69, 9.17) is 5.73 Å². The molecule has 2 N–H and O–H groups in total. The number of benzene rings is 1. The number of hydrogen-bond acceptors (Lipinski definition) is 1. The van der Waals surface area contributed by atoms with Crippen LogP contribution in [0.3, 0.4) is 0 Å². The molecule has 0 spiro atoms. The third-order valence-electron chi connectivity index (χ3n) is 1.18. The number of rotatable bonds is 1.